The summed E-state index contributed by atoms with van der Waals surface area (Å²) < 4.78 is 22.3. The lowest BCUT2D eigenvalue weighted by molar-refractivity contribution is -0.192. The van der Waals surface area contributed by atoms with Crippen LogP contribution in [0.4, 0.5) is 11.4 Å². The summed E-state index contributed by atoms with van der Waals surface area (Å²) in [6.45, 7) is 10.6. The first-order chi connectivity index (χ1) is 24.8. The van der Waals surface area contributed by atoms with E-state index in [-0.39, 0.29) is 24.4 Å². The van der Waals surface area contributed by atoms with Gasteiger partial charge in [0.05, 0.1) is 35.8 Å². The van der Waals surface area contributed by atoms with Gasteiger partial charge in [0, 0.05) is 48.1 Å². The molecule has 12 nitrogen and oxygen atoms in total. The highest BCUT2D eigenvalue weighted by Crippen LogP contribution is 2.40. The van der Waals surface area contributed by atoms with Gasteiger partial charge in [-0.15, -0.1) is 0 Å². The summed E-state index contributed by atoms with van der Waals surface area (Å²) in [7, 11) is 0. The van der Waals surface area contributed by atoms with E-state index in [1.165, 1.54) is 10.5 Å². The first kappa shape index (κ1) is 35.1. The Hall–Kier alpha value is -4.36. The summed E-state index contributed by atoms with van der Waals surface area (Å²) >= 11 is 12.8. The van der Waals surface area contributed by atoms with Crippen molar-refractivity contribution in [3.8, 4) is 11.4 Å². The predicted octanol–water partition coefficient (Wildman–Crippen LogP) is 6.14. The van der Waals surface area contributed by atoms with Crippen molar-refractivity contribution in [1.29, 1.82) is 0 Å². The van der Waals surface area contributed by atoms with Gasteiger partial charge in [0.1, 0.15) is 31.3 Å². The van der Waals surface area contributed by atoms with E-state index in [0.29, 0.717) is 28.8 Å². The van der Waals surface area contributed by atoms with Crippen LogP contribution in [0.15, 0.2) is 84.2 Å². The molecular formula is C37H42Cl2N8O4. The van der Waals surface area contributed by atoms with E-state index >= 15 is 0 Å². The number of hydrogen-bond donors (Lipinski definition) is 0. The standard InChI is InChI=1S/C37H42Cl2N8O4/c1-4-26(3)47-36(48)45(25-42-47)30-9-7-29(8-10-30)43-16-18-44(19-17-43)31-11-13-35(27(5-2)20-31)49-22-32-23-50-37(51-32,24-46-40-14-15-41-46)33-12-6-28(38)21-34(33)39/h6-15,20-21,25-26,32H,4-5,16-19,22-24H2,1-3H3/t26?,32-,37-/m1/s1. The fourth-order valence-corrected chi connectivity index (χ4v) is 7.20. The summed E-state index contributed by atoms with van der Waals surface area (Å²) in [5, 5.41) is 13.8. The average Bonchev–Trinajstić information content (AvgIpc) is 3.91. The minimum absolute atomic E-state index is 0.0629. The molecule has 268 valence electrons. The lowest BCUT2D eigenvalue weighted by Crippen LogP contribution is -2.46. The van der Waals surface area contributed by atoms with Gasteiger partial charge in [0.15, 0.2) is 0 Å². The van der Waals surface area contributed by atoms with E-state index in [9.17, 15) is 4.79 Å². The molecule has 2 saturated heterocycles. The Balaban J connectivity index is 0.965. The minimum Gasteiger partial charge on any atom is -0.491 e. The number of piperazine rings is 1. The zero-order chi connectivity index (χ0) is 35.5. The van der Waals surface area contributed by atoms with Gasteiger partial charge in [-0.1, -0.05) is 43.1 Å². The van der Waals surface area contributed by atoms with Crippen LogP contribution in [0.2, 0.25) is 10.0 Å². The smallest absolute Gasteiger partial charge is 0.350 e. The molecule has 5 aromatic rings. The monoisotopic (exact) mass is 732 g/mol. The summed E-state index contributed by atoms with van der Waals surface area (Å²) in [6.07, 6.45) is 6.15. The molecule has 1 unspecified atom stereocenters. The van der Waals surface area contributed by atoms with Crippen LogP contribution < -0.4 is 20.2 Å². The molecule has 2 aliphatic rings. The molecule has 2 fully saturated rings. The molecule has 3 aromatic carbocycles. The molecule has 7 rings (SSSR count). The van der Waals surface area contributed by atoms with E-state index in [1.807, 2.05) is 25.1 Å². The van der Waals surface area contributed by atoms with E-state index in [0.717, 1.165) is 61.7 Å². The van der Waals surface area contributed by atoms with E-state index in [2.05, 4.69) is 69.3 Å². The number of aryl methyl sites for hydroxylation is 1. The molecule has 14 heteroatoms. The molecule has 2 aliphatic heterocycles. The van der Waals surface area contributed by atoms with Gasteiger partial charge in [0.2, 0.25) is 5.79 Å². The molecule has 0 aliphatic carbocycles. The van der Waals surface area contributed by atoms with Crippen molar-refractivity contribution < 1.29 is 14.2 Å². The predicted molar refractivity (Wildman–Crippen MR) is 198 cm³/mol. The summed E-state index contributed by atoms with van der Waals surface area (Å²) in [6, 6.07) is 19.9. The molecule has 2 aromatic heterocycles. The van der Waals surface area contributed by atoms with Gasteiger partial charge >= 0.3 is 5.69 Å². The normalized spacial score (nSPS) is 19.8. The molecule has 0 N–H and O–H groups in total. The number of nitrogens with zero attached hydrogens (tertiary/aromatic N) is 8. The first-order valence-corrected chi connectivity index (χ1v) is 18.2. The van der Waals surface area contributed by atoms with Crippen LogP contribution >= 0.6 is 23.2 Å². The van der Waals surface area contributed by atoms with E-state index in [4.69, 9.17) is 37.4 Å². The molecule has 4 heterocycles. The van der Waals surface area contributed by atoms with Crippen molar-refractivity contribution in [2.24, 2.45) is 0 Å². The average molecular weight is 734 g/mol. The second kappa shape index (κ2) is 15.1. The summed E-state index contributed by atoms with van der Waals surface area (Å²) in [5.41, 5.74) is 4.80. The molecule has 0 radical (unpaired) electrons. The summed E-state index contributed by atoms with van der Waals surface area (Å²) in [5.74, 6) is -0.360. The van der Waals surface area contributed by atoms with Crippen molar-refractivity contribution >= 4 is 34.6 Å². The molecular weight excluding hydrogens is 691 g/mol. The Morgan fingerprint density at radius 1 is 0.902 bits per heavy atom. The lowest BCUT2D eigenvalue weighted by atomic mass is 10.1. The molecule has 0 spiro atoms. The maximum absolute atomic E-state index is 12.8. The molecule has 0 saturated carbocycles. The second-order valence-electron chi connectivity index (χ2n) is 12.9. The first-order valence-electron chi connectivity index (χ1n) is 17.4. The number of hydrogen-bond acceptors (Lipinski definition) is 9. The second-order valence-corrected chi connectivity index (χ2v) is 13.8. The highest BCUT2D eigenvalue weighted by molar-refractivity contribution is 6.35. The number of ether oxygens (including phenoxy) is 3. The maximum atomic E-state index is 12.8. The third-order valence-corrected chi connectivity index (χ3v) is 10.3. The number of benzene rings is 3. The van der Waals surface area contributed by atoms with Crippen LogP contribution in [0.5, 0.6) is 5.75 Å². The Morgan fingerprint density at radius 3 is 2.27 bits per heavy atom. The molecule has 0 bridgehead atoms. The van der Waals surface area contributed by atoms with Crippen molar-refractivity contribution in [1.82, 2.24) is 29.3 Å². The quantitative estimate of drug-likeness (QED) is 0.150. The Kier molecular flexibility index (Phi) is 10.4. The molecule has 51 heavy (non-hydrogen) atoms. The number of halogens is 2. The number of anilines is 2. The van der Waals surface area contributed by atoms with Crippen LogP contribution in [0.3, 0.4) is 0 Å². The minimum atomic E-state index is -1.19. The van der Waals surface area contributed by atoms with Crippen LogP contribution in [0.1, 0.15) is 44.4 Å². The van der Waals surface area contributed by atoms with Crippen LogP contribution in [0, 0.1) is 0 Å². The van der Waals surface area contributed by atoms with Gasteiger partial charge in [-0.25, -0.2) is 14.0 Å². The van der Waals surface area contributed by atoms with Gasteiger partial charge < -0.3 is 24.0 Å². The third-order valence-electron chi connectivity index (χ3n) is 9.71. The number of rotatable bonds is 12. The third kappa shape index (κ3) is 7.36. The highest BCUT2D eigenvalue weighted by atomic mass is 35.5. The highest BCUT2D eigenvalue weighted by Gasteiger charge is 2.46. The van der Waals surface area contributed by atoms with Crippen molar-refractivity contribution in [2.75, 3.05) is 49.2 Å². The van der Waals surface area contributed by atoms with Crippen LogP contribution in [-0.4, -0.2) is 74.8 Å². The zero-order valence-corrected chi connectivity index (χ0v) is 30.5. The largest absolute Gasteiger partial charge is 0.491 e. The van der Waals surface area contributed by atoms with Crippen molar-refractivity contribution in [2.45, 2.75) is 58.1 Å². The van der Waals surface area contributed by atoms with E-state index in [1.54, 1.807) is 40.1 Å². The lowest BCUT2D eigenvalue weighted by Gasteiger charge is -2.37. The van der Waals surface area contributed by atoms with E-state index < -0.39 is 5.79 Å². The Labute approximate surface area is 307 Å². The molecule has 3 atom stereocenters. The van der Waals surface area contributed by atoms with Crippen molar-refractivity contribution in [3.63, 3.8) is 0 Å². The number of aromatic nitrogens is 6. The Morgan fingerprint density at radius 2 is 1.59 bits per heavy atom. The maximum Gasteiger partial charge on any atom is 0.350 e. The fourth-order valence-electron chi connectivity index (χ4n) is 6.64. The van der Waals surface area contributed by atoms with Gasteiger partial charge in [-0.3, -0.25) is 0 Å². The fraction of sp³-hybridized carbons (Fsp3) is 0.405. The Bertz CT molecular complexity index is 1990. The summed E-state index contributed by atoms with van der Waals surface area (Å²) in [4.78, 5) is 19.2. The van der Waals surface area contributed by atoms with Gasteiger partial charge in [0.25, 0.3) is 0 Å². The topological polar surface area (TPSA) is 105 Å². The van der Waals surface area contributed by atoms with Gasteiger partial charge in [-0.05, 0) is 79.9 Å². The van der Waals surface area contributed by atoms with Crippen molar-refractivity contribution in [3.05, 3.63) is 111 Å². The molecule has 0 amide bonds. The zero-order valence-electron chi connectivity index (χ0n) is 29.0. The van der Waals surface area contributed by atoms with Crippen LogP contribution in [-0.2, 0) is 28.2 Å². The SMILES string of the molecule is CCc1cc(N2CCN(c3ccc(-n4cnn(C(C)CC)c4=O)cc3)CC2)ccc1OC[C@@H]1CO[C@@](Cn2nccn2)(c2ccc(Cl)cc2Cl)O1. The van der Waals surface area contributed by atoms with Crippen LogP contribution in [0.25, 0.3) is 5.69 Å². The van der Waals surface area contributed by atoms with Gasteiger partial charge in [-0.2, -0.15) is 20.1 Å².